The van der Waals surface area contributed by atoms with Gasteiger partial charge in [-0.1, -0.05) is 0 Å². The van der Waals surface area contributed by atoms with Crippen LogP contribution < -0.4 is 19.8 Å². The minimum absolute atomic E-state index is 0.254. The van der Waals surface area contributed by atoms with Crippen molar-refractivity contribution in [1.82, 2.24) is 19.2 Å². The Morgan fingerprint density at radius 1 is 1.04 bits per heavy atom. The Kier molecular flexibility index (Phi) is 3.95. The van der Waals surface area contributed by atoms with Crippen molar-refractivity contribution < 1.29 is 14.2 Å². The van der Waals surface area contributed by atoms with Crippen LogP contribution in [0.2, 0.25) is 0 Å². The zero-order valence-corrected chi connectivity index (χ0v) is 15.4. The Morgan fingerprint density at radius 2 is 1.81 bits per heavy atom. The van der Waals surface area contributed by atoms with Crippen LogP contribution in [0, 0.1) is 6.92 Å². The Balaban J connectivity index is 2.05. The van der Waals surface area contributed by atoms with Crippen LogP contribution in [0.25, 0.3) is 22.1 Å². The fourth-order valence-corrected chi connectivity index (χ4v) is 3.16. The number of hydrogen-bond donors (Lipinski definition) is 0. The monoisotopic (exact) mass is 366 g/mol. The highest BCUT2D eigenvalue weighted by Crippen LogP contribution is 2.41. The van der Waals surface area contributed by atoms with Crippen molar-refractivity contribution in [2.24, 2.45) is 0 Å². The highest BCUT2D eigenvalue weighted by molar-refractivity contribution is 5.89. The summed E-state index contributed by atoms with van der Waals surface area (Å²) >= 11 is 0. The first-order valence-electron chi connectivity index (χ1n) is 8.23. The maximum absolute atomic E-state index is 13.2. The van der Waals surface area contributed by atoms with Crippen LogP contribution in [0.1, 0.15) is 5.56 Å². The zero-order chi connectivity index (χ0) is 19.1. The average Bonchev–Trinajstić information content (AvgIpc) is 3.09. The molecule has 0 saturated carbocycles. The Hall–Kier alpha value is -3.55. The molecule has 138 valence electrons. The fraction of sp³-hybridized carbons (Fsp3) is 0.211. The molecule has 0 aliphatic carbocycles. The first-order chi connectivity index (χ1) is 13.1. The van der Waals surface area contributed by atoms with E-state index in [1.807, 2.05) is 25.3 Å². The van der Waals surface area contributed by atoms with E-state index in [-0.39, 0.29) is 5.56 Å². The molecule has 0 amide bonds. The molecule has 4 aromatic rings. The summed E-state index contributed by atoms with van der Waals surface area (Å²) in [5, 5.41) is 4.67. The topological polar surface area (TPSA) is 79.9 Å². The second kappa shape index (κ2) is 6.31. The minimum Gasteiger partial charge on any atom is -0.493 e. The van der Waals surface area contributed by atoms with Gasteiger partial charge in [0.25, 0.3) is 5.56 Å². The van der Waals surface area contributed by atoms with Gasteiger partial charge in [-0.2, -0.15) is 5.10 Å². The Morgan fingerprint density at radius 3 is 2.52 bits per heavy atom. The molecular formula is C19H18N4O4. The van der Waals surface area contributed by atoms with Crippen molar-refractivity contribution in [2.45, 2.75) is 6.92 Å². The van der Waals surface area contributed by atoms with Crippen molar-refractivity contribution in [3.8, 4) is 22.9 Å². The number of aromatic nitrogens is 4. The molecule has 0 unspecified atom stereocenters. The lowest BCUT2D eigenvalue weighted by molar-refractivity contribution is 0.326. The number of aryl methyl sites for hydroxylation is 1. The van der Waals surface area contributed by atoms with Crippen molar-refractivity contribution in [1.29, 1.82) is 0 Å². The second-order valence-corrected chi connectivity index (χ2v) is 6.02. The third-order valence-corrected chi connectivity index (χ3v) is 4.47. The summed E-state index contributed by atoms with van der Waals surface area (Å²) in [7, 11) is 4.51. The molecule has 0 spiro atoms. The number of benzene rings is 1. The summed E-state index contributed by atoms with van der Waals surface area (Å²) in [6, 6.07) is 5.53. The molecular weight excluding hydrogens is 348 g/mol. The molecule has 0 atom stereocenters. The largest absolute Gasteiger partial charge is 0.493 e. The molecule has 1 aromatic carbocycles. The van der Waals surface area contributed by atoms with E-state index in [1.165, 1.54) is 32.2 Å². The predicted molar refractivity (Wildman–Crippen MR) is 100 cm³/mol. The molecule has 0 saturated heterocycles. The quantitative estimate of drug-likeness (QED) is 0.552. The molecule has 0 bridgehead atoms. The highest BCUT2D eigenvalue weighted by Gasteiger charge is 2.20. The van der Waals surface area contributed by atoms with E-state index >= 15 is 0 Å². The second-order valence-electron chi connectivity index (χ2n) is 6.02. The summed E-state index contributed by atoms with van der Waals surface area (Å²) in [5.74, 6) is 1.14. The first-order valence-corrected chi connectivity index (χ1v) is 8.23. The van der Waals surface area contributed by atoms with Gasteiger partial charge in [-0.05, 0) is 30.7 Å². The van der Waals surface area contributed by atoms with Crippen LogP contribution in [-0.4, -0.2) is 40.5 Å². The standard InChI is InChI=1S/C19H18N4O4/c1-11-5-6-23-13(7-11)14(9-21-23)22-10-20-16-12(19(22)24)8-15(25-2)17(26-3)18(16)27-4/h5-10H,1-4H3. The number of ether oxygens (including phenoxy) is 3. The smallest absolute Gasteiger partial charge is 0.266 e. The van der Waals surface area contributed by atoms with Gasteiger partial charge in [0.05, 0.1) is 44.1 Å². The SMILES string of the molecule is COc1cc2c(=O)n(-c3cnn4ccc(C)cc34)cnc2c(OC)c1OC. The van der Waals surface area contributed by atoms with Crippen molar-refractivity contribution in [2.75, 3.05) is 21.3 Å². The van der Waals surface area contributed by atoms with Gasteiger partial charge >= 0.3 is 0 Å². The number of nitrogens with zero attached hydrogens (tertiary/aromatic N) is 4. The number of pyridine rings is 1. The van der Waals surface area contributed by atoms with Gasteiger partial charge in [-0.25, -0.2) is 9.50 Å². The van der Waals surface area contributed by atoms with Crippen LogP contribution in [0.4, 0.5) is 0 Å². The van der Waals surface area contributed by atoms with E-state index in [1.54, 1.807) is 16.8 Å². The number of hydrogen-bond acceptors (Lipinski definition) is 6. The molecule has 0 radical (unpaired) electrons. The molecule has 3 aromatic heterocycles. The Labute approximate surface area is 154 Å². The van der Waals surface area contributed by atoms with Gasteiger partial charge < -0.3 is 14.2 Å². The normalized spacial score (nSPS) is 11.1. The fourth-order valence-electron chi connectivity index (χ4n) is 3.16. The van der Waals surface area contributed by atoms with Gasteiger partial charge in [-0.15, -0.1) is 0 Å². The van der Waals surface area contributed by atoms with Gasteiger partial charge in [0, 0.05) is 6.20 Å². The molecule has 0 aliphatic heterocycles. The van der Waals surface area contributed by atoms with Crippen LogP contribution in [-0.2, 0) is 0 Å². The number of methoxy groups -OCH3 is 3. The molecule has 8 nitrogen and oxygen atoms in total. The summed E-state index contributed by atoms with van der Waals surface area (Å²) < 4.78 is 19.3. The average molecular weight is 366 g/mol. The first kappa shape index (κ1) is 16.9. The zero-order valence-electron chi connectivity index (χ0n) is 15.4. The number of rotatable bonds is 4. The summed E-state index contributed by atoms with van der Waals surface area (Å²) in [4.78, 5) is 17.7. The molecule has 0 N–H and O–H groups in total. The van der Waals surface area contributed by atoms with E-state index in [9.17, 15) is 4.79 Å². The molecule has 4 rings (SSSR count). The van der Waals surface area contributed by atoms with E-state index in [4.69, 9.17) is 14.2 Å². The maximum atomic E-state index is 13.2. The van der Waals surface area contributed by atoms with Gasteiger partial charge in [0.15, 0.2) is 11.5 Å². The van der Waals surface area contributed by atoms with Crippen LogP contribution >= 0.6 is 0 Å². The molecule has 3 heterocycles. The summed E-state index contributed by atoms with van der Waals surface area (Å²) in [6.45, 7) is 1.99. The van der Waals surface area contributed by atoms with E-state index in [0.717, 1.165) is 11.1 Å². The van der Waals surface area contributed by atoms with Gasteiger partial charge in [0.2, 0.25) is 5.75 Å². The molecule has 0 fully saturated rings. The summed E-state index contributed by atoms with van der Waals surface area (Å²) in [6.07, 6.45) is 4.96. The number of fused-ring (bicyclic) bond motifs is 2. The van der Waals surface area contributed by atoms with Crippen LogP contribution in [0.3, 0.4) is 0 Å². The molecule has 0 aliphatic rings. The maximum Gasteiger partial charge on any atom is 0.266 e. The lowest BCUT2D eigenvalue weighted by atomic mass is 10.2. The Bertz CT molecular complexity index is 1230. The third-order valence-electron chi connectivity index (χ3n) is 4.47. The van der Waals surface area contributed by atoms with E-state index in [0.29, 0.717) is 33.8 Å². The van der Waals surface area contributed by atoms with Crippen LogP contribution in [0.5, 0.6) is 17.2 Å². The van der Waals surface area contributed by atoms with E-state index in [2.05, 4.69) is 10.1 Å². The van der Waals surface area contributed by atoms with Crippen molar-refractivity contribution in [3.63, 3.8) is 0 Å². The molecule has 8 heteroatoms. The lowest BCUT2D eigenvalue weighted by Gasteiger charge is -2.14. The minimum atomic E-state index is -0.254. The van der Waals surface area contributed by atoms with Crippen molar-refractivity contribution in [3.05, 3.63) is 52.8 Å². The van der Waals surface area contributed by atoms with E-state index < -0.39 is 0 Å². The lowest BCUT2D eigenvalue weighted by Crippen LogP contribution is -2.19. The van der Waals surface area contributed by atoms with Gasteiger partial charge in [-0.3, -0.25) is 9.36 Å². The van der Waals surface area contributed by atoms with Gasteiger partial charge in [0.1, 0.15) is 11.8 Å². The highest BCUT2D eigenvalue weighted by atomic mass is 16.5. The third kappa shape index (κ3) is 2.49. The van der Waals surface area contributed by atoms with Crippen molar-refractivity contribution >= 4 is 16.4 Å². The molecule has 27 heavy (non-hydrogen) atoms. The predicted octanol–water partition coefficient (Wildman–Crippen LogP) is 2.37. The summed E-state index contributed by atoms with van der Waals surface area (Å²) in [5.41, 5.74) is 2.68. The van der Waals surface area contributed by atoms with Crippen LogP contribution in [0.15, 0.2) is 41.7 Å².